The summed E-state index contributed by atoms with van der Waals surface area (Å²) in [4.78, 5) is 17.0. The number of hydrogen-bond acceptors (Lipinski definition) is 5. The van der Waals surface area contributed by atoms with Gasteiger partial charge in [-0.1, -0.05) is 23.7 Å². The fraction of sp³-hybridized carbons (Fsp3) is 0.455. The first kappa shape index (κ1) is 20.0. The molecule has 6 nitrogen and oxygen atoms in total. The lowest BCUT2D eigenvalue weighted by Gasteiger charge is -2.34. The van der Waals surface area contributed by atoms with Crippen molar-refractivity contribution in [3.63, 3.8) is 0 Å². The van der Waals surface area contributed by atoms with Gasteiger partial charge in [0.2, 0.25) is 0 Å². The molecular weight excluding hydrogens is 422 g/mol. The molecule has 2 aliphatic rings. The molecular formula is C22H24ClN3O3S. The number of nitrogens with zero attached hydrogens (tertiary/aromatic N) is 3. The number of thiophene rings is 1. The zero-order valence-corrected chi connectivity index (χ0v) is 18.4. The van der Waals surface area contributed by atoms with Crippen molar-refractivity contribution in [1.29, 1.82) is 0 Å². The van der Waals surface area contributed by atoms with Gasteiger partial charge in [-0.25, -0.2) is 0 Å². The number of fused-ring (bicyclic) bond motifs is 1. The Bertz CT molecular complexity index is 1060. The van der Waals surface area contributed by atoms with Gasteiger partial charge in [-0.15, -0.1) is 11.3 Å². The topological polar surface area (TPSA) is 56.6 Å². The van der Waals surface area contributed by atoms with Crippen molar-refractivity contribution in [1.82, 2.24) is 14.7 Å². The van der Waals surface area contributed by atoms with E-state index in [9.17, 15) is 4.79 Å². The lowest BCUT2D eigenvalue weighted by atomic mass is 9.97. The molecule has 0 N–H and O–H groups in total. The lowest BCUT2D eigenvalue weighted by Crippen LogP contribution is -2.43. The van der Waals surface area contributed by atoms with Crippen LogP contribution in [-0.4, -0.2) is 53.2 Å². The van der Waals surface area contributed by atoms with E-state index in [0.29, 0.717) is 26.3 Å². The Morgan fingerprint density at radius 3 is 2.80 bits per heavy atom. The van der Waals surface area contributed by atoms with Crippen LogP contribution in [0.15, 0.2) is 30.3 Å². The second-order valence-electron chi connectivity index (χ2n) is 7.96. The maximum atomic E-state index is 13.3. The summed E-state index contributed by atoms with van der Waals surface area (Å²) in [6.45, 7) is 5.41. The Hall–Kier alpha value is -1.93. The van der Waals surface area contributed by atoms with Crippen LogP contribution in [0.5, 0.6) is 0 Å². The maximum Gasteiger partial charge on any atom is 0.264 e. The summed E-state index contributed by atoms with van der Waals surface area (Å²) in [7, 11) is 0. The average molecular weight is 446 g/mol. The van der Waals surface area contributed by atoms with Gasteiger partial charge < -0.3 is 14.4 Å². The number of aryl methyl sites for hydroxylation is 1. The first-order valence-corrected chi connectivity index (χ1v) is 11.5. The molecule has 0 saturated carbocycles. The number of rotatable bonds is 4. The smallest absolute Gasteiger partial charge is 0.264 e. The highest BCUT2D eigenvalue weighted by Crippen LogP contribution is 2.32. The van der Waals surface area contributed by atoms with Crippen molar-refractivity contribution in [3.8, 4) is 0 Å². The van der Waals surface area contributed by atoms with Gasteiger partial charge in [0.15, 0.2) is 6.29 Å². The van der Waals surface area contributed by atoms with Crippen molar-refractivity contribution in [2.75, 3.05) is 26.3 Å². The van der Waals surface area contributed by atoms with E-state index in [2.05, 4.69) is 5.10 Å². The van der Waals surface area contributed by atoms with Gasteiger partial charge >= 0.3 is 0 Å². The monoisotopic (exact) mass is 445 g/mol. The highest BCUT2D eigenvalue weighted by atomic mass is 35.5. The first-order chi connectivity index (χ1) is 14.6. The molecule has 1 unspecified atom stereocenters. The minimum Gasteiger partial charge on any atom is -0.350 e. The molecule has 2 aromatic heterocycles. The van der Waals surface area contributed by atoms with Gasteiger partial charge in [0.25, 0.3) is 5.91 Å². The highest BCUT2D eigenvalue weighted by Gasteiger charge is 2.33. The van der Waals surface area contributed by atoms with Gasteiger partial charge in [-0.2, -0.15) is 5.10 Å². The summed E-state index contributed by atoms with van der Waals surface area (Å²) >= 11 is 7.52. The molecule has 1 amide bonds. The van der Waals surface area contributed by atoms with Gasteiger partial charge in [0.1, 0.15) is 4.83 Å². The van der Waals surface area contributed by atoms with Crippen molar-refractivity contribution < 1.29 is 14.3 Å². The van der Waals surface area contributed by atoms with E-state index in [1.54, 1.807) is 0 Å². The first-order valence-electron chi connectivity index (χ1n) is 10.3. The van der Waals surface area contributed by atoms with Crippen LogP contribution in [0.3, 0.4) is 0 Å². The summed E-state index contributed by atoms with van der Waals surface area (Å²) in [5, 5.41) is 6.45. The summed E-state index contributed by atoms with van der Waals surface area (Å²) < 4.78 is 13.3. The highest BCUT2D eigenvalue weighted by molar-refractivity contribution is 7.20. The third-order valence-electron chi connectivity index (χ3n) is 5.84. The quantitative estimate of drug-likeness (QED) is 0.599. The van der Waals surface area contributed by atoms with Gasteiger partial charge in [-0.3, -0.25) is 9.48 Å². The number of amides is 1. The van der Waals surface area contributed by atoms with Crippen LogP contribution in [-0.2, 0) is 16.0 Å². The third kappa shape index (κ3) is 3.87. The van der Waals surface area contributed by atoms with Crippen LogP contribution in [0.25, 0.3) is 10.2 Å². The summed E-state index contributed by atoms with van der Waals surface area (Å²) in [5.74, 6) is 0.345. The van der Waals surface area contributed by atoms with Crippen LogP contribution < -0.4 is 0 Å². The molecule has 8 heteroatoms. The average Bonchev–Trinajstić information content (AvgIpc) is 3.49. The molecule has 2 saturated heterocycles. The second kappa shape index (κ2) is 8.30. The molecule has 0 bridgehead atoms. The molecule has 30 heavy (non-hydrogen) atoms. The fourth-order valence-electron chi connectivity index (χ4n) is 4.31. The van der Waals surface area contributed by atoms with Crippen LogP contribution in [0, 0.1) is 12.8 Å². The van der Waals surface area contributed by atoms with Crippen LogP contribution in [0.1, 0.15) is 33.8 Å². The maximum absolute atomic E-state index is 13.3. The summed E-state index contributed by atoms with van der Waals surface area (Å²) in [6.07, 6.45) is 1.85. The Balaban J connectivity index is 1.36. The molecule has 0 radical (unpaired) electrons. The minimum absolute atomic E-state index is 0.0938. The van der Waals surface area contributed by atoms with Crippen LogP contribution in [0.4, 0.5) is 0 Å². The summed E-state index contributed by atoms with van der Waals surface area (Å²) in [5.41, 5.74) is 2.07. The van der Waals surface area contributed by atoms with E-state index in [4.69, 9.17) is 21.1 Å². The number of hydrogen-bond donors (Lipinski definition) is 0. The third-order valence-corrected chi connectivity index (χ3v) is 7.23. The number of ether oxygens (including phenoxy) is 2. The molecule has 2 aliphatic heterocycles. The number of halogens is 1. The zero-order valence-electron chi connectivity index (χ0n) is 16.8. The predicted molar refractivity (Wildman–Crippen MR) is 117 cm³/mol. The van der Waals surface area contributed by atoms with E-state index < -0.39 is 0 Å². The van der Waals surface area contributed by atoms with E-state index in [1.165, 1.54) is 11.3 Å². The van der Waals surface area contributed by atoms with Crippen LogP contribution in [0.2, 0.25) is 5.02 Å². The summed E-state index contributed by atoms with van der Waals surface area (Å²) in [6, 6.07) is 9.78. The number of carbonyl (C=O) groups is 1. The Kier molecular flexibility index (Phi) is 5.54. The van der Waals surface area contributed by atoms with Crippen molar-refractivity contribution in [3.05, 3.63) is 51.5 Å². The molecule has 3 aromatic rings. The number of likely N-dealkylation sites (tertiary alicyclic amines) is 1. The fourth-order valence-corrected chi connectivity index (χ4v) is 5.56. The molecule has 158 valence electrons. The molecule has 5 rings (SSSR count). The van der Waals surface area contributed by atoms with E-state index in [0.717, 1.165) is 50.8 Å². The second-order valence-corrected chi connectivity index (χ2v) is 9.43. The Morgan fingerprint density at radius 2 is 2.03 bits per heavy atom. The van der Waals surface area contributed by atoms with Crippen molar-refractivity contribution in [2.45, 2.75) is 32.6 Å². The SMILES string of the molecule is Cc1nn(Cc2ccc(Cl)cc2)c2sc(C(=O)N3CCCC(C4OCCO4)C3)cc12. The van der Waals surface area contributed by atoms with E-state index in [1.807, 2.05) is 46.8 Å². The zero-order chi connectivity index (χ0) is 20.7. The molecule has 0 aliphatic carbocycles. The molecule has 1 aromatic carbocycles. The van der Waals surface area contributed by atoms with Crippen molar-refractivity contribution >= 4 is 39.1 Å². The number of carbonyl (C=O) groups excluding carboxylic acids is 1. The minimum atomic E-state index is -0.168. The molecule has 0 spiro atoms. The number of benzene rings is 1. The standard InChI is InChI=1S/C22H24ClN3O3S/c1-14-18-11-19(20(27)25-8-2-3-16(13-25)22-28-9-10-29-22)30-21(18)26(24-14)12-15-4-6-17(23)7-5-15/h4-7,11,16,22H,2-3,8-10,12-13H2,1H3. The van der Waals surface area contributed by atoms with Gasteiger partial charge in [0.05, 0.1) is 30.3 Å². The predicted octanol–water partition coefficient (Wildman–Crippen LogP) is 4.33. The van der Waals surface area contributed by atoms with Gasteiger partial charge in [-0.05, 0) is 43.5 Å². The number of aromatic nitrogens is 2. The van der Waals surface area contributed by atoms with Crippen molar-refractivity contribution in [2.24, 2.45) is 5.92 Å². The lowest BCUT2D eigenvalue weighted by molar-refractivity contribution is -0.0968. The molecule has 1 atom stereocenters. The molecule has 2 fully saturated rings. The van der Waals surface area contributed by atoms with Gasteiger partial charge in [0, 0.05) is 29.4 Å². The largest absolute Gasteiger partial charge is 0.350 e. The normalized spacial score (nSPS) is 20.3. The van der Waals surface area contributed by atoms with E-state index >= 15 is 0 Å². The van der Waals surface area contributed by atoms with Crippen LogP contribution >= 0.6 is 22.9 Å². The Morgan fingerprint density at radius 1 is 1.27 bits per heavy atom. The number of piperidine rings is 1. The molecule has 4 heterocycles. The Labute approximate surface area is 184 Å². The van der Waals surface area contributed by atoms with E-state index in [-0.39, 0.29) is 18.1 Å².